The van der Waals surface area contributed by atoms with E-state index in [9.17, 15) is 0 Å². The fourth-order valence-electron chi connectivity index (χ4n) is 0.811. The van der Waals surface area contributed by atoms with Crippen molar-refractivity contribution in [2.24, 2.45) is 0 Å². The van der Waals surface area contributed by atoms with E-state index in [1.165, 1.54) is 0 Å². The molecule has 0 amide bonds. The van der Waals surface area contributed by atoms with Crippen LogP contribution in [0, 0.1) is 6.92 Å². The summed E-state index contributed by atoms with van der Waals surface area (Å²) < 4.78 is 10.7. The minimum absolute atomic E-state index is 0.264. The molecule has 0 fully saturated rings. The second-order valence-electron chi connectivity index (χ2n) is 2.87. The van der Waals surface area contributed by atoms with Gasteiger partial charge in [-0.05, 0) is 32.9 Å². The molecule has 2 heteroatoms. The van der Waals surface area contributed by atoms with Crippen LogP contribution in [0.25, 0.3) is 0 Å². The number of hydrogen-bond donors (Lipinski definition) is 0. The van der Waals surface area contributed by atoms with Crippen LogP contribution >= 0.6 is 0 Å². The highest BCUT2D eigenvalue weighted by Crippen LogP contribution is 2.08. The molecule has 0 saturated heterocycles. The Labute approximate surface area is 67.2 Å². The molecule has 1 rings (SSSR count). The van der Waals surface area contributed by atoms with Crippen LogP contribution in [0.1, 0.15) is 25.4 Å². The first-order chi connectivity index (χ1) is 5.18. The predicted octanol–water partition coefficient (Wildman–Crippen LogP) is 2.51. The van der Waals surface area contributed by atoms with Gasteiger partial charge in [0.25, 0.3) is 0 Å². The van der Waals surface area contributed by atoms with Crippen molar-refractivity contribution in [1.82, 2.24) is 0 Å². The summed E-state index contributed by atoms with van der Waals surface area (Å²) in [5.74, 6) is 1.84. The maximum Gasteiger partial charge on any atom is 0.129 e. The van der Waals surface area contributed by atoms with E-state index in [1.54, 1.807) is 0 Å². The van der Waals surface area contributed by atoms with Crippen molar-refractivity contribution < 1.29 is 9.15 Å². The zero-order chi connectivity index (χ0) is 8.27. The largest absolute Gasteiger partial charge is 0.464 e. The maximum absolute atomic E-state index is 5.35. The standard InChI is InChI=1S/C9H14O2/c1-7(2)10-6-9-5-4-8(3)11-9/h4-5,7H,6H2,1-3H3. The fourth-order valence-corrected chi connectivity index (χ4v) is 0.811. The number of aryl methyl sites for hydroxylation is 1. The summed E-state index contributed by atoms with van der Waals surface area (Å²) in [6.07, 6.45) is 0.264. The van der Waals surface area contributed by atoms with Gasteiger partial charge in [-0.2, -0.15) is 0 Å². The SMILES string of the molecule is Cc1ccc(COC(C)C)o1. The Balaban J connectivity index is 2.39. The van der Waals surface area contributed by atoms with Gasteiger partial charge >= 0.3 is 0 Å². The third-order valence-electron chi connectivity index (χ3n) is 1.35. The van der Waals surface area contributed by atoms with Gasteiger partial charge in [0.05, 0.1) is 6.10 Å². The van der Waals surface area contributed by atoms with Crippen molar-refractivity contribution in [2.75, 3.05) is 0 Å². The zero-order valence-electron chi connectivity index (χ0n) is 7.26. The van der Waals surface area contributed by atoms with E-state index in [1.807, 2.05) is 32.9 Å². The first-order valence-corrected chi connectivity index (χ1v) is 3.85. The average molecular weight is 154 g/mol. The second-order valence-corrected chi connectivity index (χ2v) is 2.87. The Bertz CT molecular complexity index is 213. The first-order valence-electron chi connectivity index (χ1n) is 3.85. The first kappa shape index (κ1) is 8.34. The van der Waals surface area contributed by atoms with Gasteiger partial charge in [0.15, 0.2) is 0 Å². The highest BCUT2D eigenvalue weighted by Gasteiger charge is 1.99. The summed E-state index contributed by atoms with van der Waals surface area (Å²) >= 11 is 0. The van der Waals surface area contributed by atoms with E-state index in [4.69, 9.17) is 9.15 Å². The van der Waals surface area contributed by atoms with Crippen LogP contribution in [0.4, 0.5) is 0 Å². The molecule has 0 bridgehead atoms. The maximum atomic E-state index is 5.35. The predicted molar refractivity (Wildman–Crippen MR) is 43.4 cm³/mol. The monoisotopic (exact) mass is 154 g/mol. The molecule has 0 radical (unpaired) electrons. The Kier molecular flexibility index (Phi) is 2.71. The Morgan fingerprint density at radius 3 is 2.64 bits per heavy atom. The molecular formula is C9H14O2. The van der Waals surface area contributed by atoms with Gasteiger partial charge in [0, 0.05) is 0 Å². The van der Waals surface area contributed by atoms with Gasteiger partial charge in [0.1, 0.15) is 18.1 Å². The molecule has 0 N–H and O–H groups in total. The lowest BCUT2D eigenvalue weighted by Crippen LogP contribution is -2.01. The zero-order valence-corrected chi connectivity index (χ0v) is 7.26. The van der Waals surface area contributed by atoms with Crippen molar-refractivity contribution in [3.8, 4) is 0 Å². The molecular weight excluding hydrogens is 140 g/mol. The molecule has 62 valence electrons. The van der Waals surface area contributed by atoms with E-state index in [0.29, 0.717) is 6.61 Å². The summed E-state index contributed by atoms with van der Waals surface area (Å²) in [7, 11) is 0. The molecule has 0 aliphatic carbocycles. The summed E-state index contributed by atoms with van der Waals surface area (Å²) in [5, 5.41) is 0. The van der Waals surface area contributed by atoms with Gasteiger partial charge in [-0.25, -0.2) is 0 Å². The topological polar surface area (TPSA) is 22.4 Å². The molecule has 1 aromatic heterocycles. The average Bonchev–Trinajstić information content (AvgIpc) is 2.31. The minimum atomic E-state index is 0.264. The van der Waals surface area contributed by atoms with Gasteiger partial charge in [-0.1, -0.05) is 0 Å². The third kappa shape index (κ3) is 2.76. The molecule has 0 spiro atoms. The molecule has 0 saturated carbocycles. The fraction of sp³-hybridized carbons (Fsp3) is 0.556. The van der Waals surface area contributed by atoms with E-state index in [-0.39, 0.29) is 6.10 Å². The molecule has 0 atom stereocenters. The van der Waals surface area contributed by atoms with Gasteiger partial charge in [-0.3, -0.25) is 0 Å². The lowest BCUT2D eigenvalue weighted by molar-refractivity contribution is 0.0541. The normalized spacial score (nSPS) is 10.9. The molecule has 2 nitrogen and oxygen atoms in total. The van der Waals surface area contributed by atoms with Crippen LogP contribution in [-0.4, -0.2) is 6.10 Å². The van der Waals surface area contributed by atoms with E-state index >= 15 is 0 Å². The van der Waals surface area contributed by atoms with Gasteiger partial charge < -0.3 is 9.15 Å². The van der Waals surface area contributed by atoms with Crippen molar-refractivity contribution in [2.45, 2.75) is 33.5 Å². The summed E-state index contributed by atoms with van der Waals surface area (Å²) in [6, 6.07) is 3.89. The number of ether oxygens (including phenoxy) is 1. The lowest BCUT2D eigenvalue weighted by Gasteiger charge is -2.03. The smallest absolute Gasteiger partial charge is 0.129 e. The quantitative estimate of drug-likeness (QED) is 0.667. The molecule has 11 heavy (non-hydrogen) atoms. The Morgan fingerprint density at radius 1 is 1.45 bits per heavy atom. The highest BCUT2D eigenvalue weighted by molar-refractivity contribution is 5.04. The molecule has 0 unspecified atom stereocenters. The summed E-state index contributed by atoms with van der Waals surface area (Å²) in [6.45, 7) is 6.52. The van der Waals surface area contributed by atoms with Crippen molar-refractivity contribution in [3.63, 3.8) is 0 Å². The summed E-state index contributed by atoms with van der Waals surface area (Å²) in [4.78, 5) is 0. The number of rotatable bonds is 3. The van der Waals surface area contributed by atoms with Gasteiger partial charge in [-0.15, -0.1) is 0 Å². The van der Waals surface area contributed by atoms with Gasteiger partial charge in [0.2, 0.25) is 0 Å². The van der Waals surface area contributed by atoms with Crippen LogP contribution in [0.15, 0.2) is 16.5 Å². The molecule has 0 aliphatic rings. The Morgan fingerprint density at radius 2 is 2.18 bits per heavy atom. The number of hydrogen-bond acceptors (Lipinski definition) is 2. The van der Waals surface area contributed by atoms with E-state index < -0.39 is 0 Å². The van der Waals surface area contributed by atoms with Crippen molar-refractivity contribution in [3.05, 3.63) is 23.7 Å². The van der Waals surface area contributed by atoms with Crippen LogP contribution in [0.2, 0.25) is 0 Å². The highest BCUT2D eigenvalue weighted by atomic mass is 16.5. The minimum Gasteiger partial charge on any atom is -0.464 e. The lowest BCUT2D eigenvalue weighted by atomic mass is 10.4. The molecule has 1 heterocycles. The van der Waals surface area contributed by atoms with Crippen molar-refractivity contribution >= 4 is 0 Å². The van der Waals surface area contributed by atoms with Crippen molar-refractivity contribution in [1.29, 1.82) is 0 Å². The third-order valence-corrected chi connectivity index (χ3v) is 1.35. The second kappa shape index (κ2) is 3.58. The van der Waals surface area contributed by atoms with E-state index in [2.05, 4.69) is 0 Å². The molecule has 0 aromatic carbocycles. The molecule has 1 aromatic rings. The molecule has 0 aliphatic heterocycles. The Hall–Kier alpha value is -0.760. The van der Waals surface area contributed by atoms with Crippen LogP contribution < -0.4 is 0 Å². The number of furan rings is 1. The van der Waals surface area contributed by atoms with Crippen LogP contribution in [0.3, 0.4) is 0 Å². The van der Waals surface area contributed by atoms with Crippen LogP contribution in [0.5, 0.6) is 0 Å². The summed E-state index contributed by atoms with van der Waals surface area (Å²) in [5.41, 5.74) is 0. The van der Waals surface area contributed by atoms with E-state index in [0.717, 1.165) is 11.5 Å². The van der Waals surface area contributed by atoms with Crippen LogP contribution in [-0.2, 0) is 11.3 Å².